The number of rotatable bonds is 6. The summed E-state index contributed by atoms with van der Waals surface area (Å²) in [6, 6.07) is 14.4. The molecule has 0 heterocycles. The lowest BCUT2D eigenvalue weighted by Gasteiger charge is -2.07. The first-order chi connectivity index (χ1) is 11.6. The van der Waals surface area contributed by atoms with Crippen LogP contribution in [0.15, 0.2) is 59.1 Å². The molecule has 0 radical (unpaired) electrons. The first-order valence-electron chi connectivity index (χ1n) is 7.12. The van der Waals surface area contributed by atoms with Gasteiger partial charge >= 0.3 is 5.97 Å². The second-order valence-electron chi connectivity index (χ2n) is 4.71. The molecular formula is C18H16BrNO4. The van der Waals surface area contributed by atoms with Crippen molar-refractivity contribution < 1.29 is 19.1 Å². The van der Waals surface area contributed by atoms with Gasteiger partial charge in [0.15, 0.2) is 6.61 Å². The number of nitrogens with one attached hydrogen (secondary N) is 1. The van der Waals surface area contributed by atoms with Gasteiger partial charge in [0.2, 0.25) is 0 Å². The van der Waals surface area contributed by atoms with Crippen LogP contribution in [0.5, 0.6) is 5.75 Å². The molecule has 0 saturated carbocycles. The van der Waals surface area contributed by atoms with Gasteiger partial charge in [0.1, 0.15) is 5.75 Å². The number of anilines is 1. The van der Waals surface area contributed by atoms with E-state index in [4.69, 9.17) is 9.47 Å². The molecule has 24 heavy (non-hydrogen) atoms. The lowest BCUT2D eigenvalue weighted by molar-refractivity contribution is -0.142. The van der Waals surface area contributed by atoms with E-state index < -0.39 is 11.9 Å². The Morgan fingerprint density at radius 3 is 2.58 bits per heavy atom. The highest BCUT2D eigenvalue weighted by atomic mass is 79.9. The molecule has 0 aliphatic rings. The van der Waals surface area contributed by atoms with E-state index in [2.05, 4.69) is 21.2 Å². The lowest BCUT2D eigenvalue weighted by atomic mass is 10.2. The normalized spacial score (nSPS) is 10.4. The minimum atomic E-state index is -0.608. The van der Waals surface area contributed by atoms with Gasteiger partial charge in [-0.25, -0.2) is 4.79 Å². The number of ether oxygens (including phenoxy) is 2. The van der Waals surface area contributed by atoms with Crippen molar-refractivity contribution in [3.8, 4) is 5.75 Å². The van der Waals surface area contributed by atoms with Crippen molar-refractivity contribution in [3.63, 3.8) is 0 Å². The Hall–Kier alpha value is -2.60. The molecule has 1 N–H and O–H groups in total. The number of carbonyl (C=O) groups is 2. The maximum absolute atomic E-state index is 11.8. The molecule has 124 valence electrons. The Morgan fingerprint density at radius 1 is 1.12 bits per heavy atom. The molecule has 0 saturated heterocycles. The van der Waals surface area contributed by atoms with E-state index in [1.54, 1.807) is 37.5 Å². The summed E-state index contributed by atoms with van der Waals surface area (Å²) in [5.41, 5.74) is 1.36. The molecular weight excluding hydrogens is 374 g/mol. The third-order valence-electron chi connectivity index (χ3n) is 3.03. The maximum Gasteiger partial charge on any atom is 0.331 e. The average molecular weight is 390 g/mol. The van der Waals surface area contributed by atoms with Crippen molar-refractivity contribution in [3.05, 3.63) is 64.6 Å². The molecule has 0 aliphatic carbocycles. The second kappa shape index (κ2) is 8.88. The minimum absolute atomic E-state index is 0.365. The fourth-order valence-electron chi connectivity index (χ4n) is 1.90. The SMILES string of the molecule is COc1ccccc1/C=C/C(=O)OCC(=O)Nc1ccccc1Br. The van der Waals surface area contributed by atoms with Crippen molar-refractivity contribution in [1.29, 1.82) is 0 Å². The Balaban J connectivity index is 1.85. The Kier molecular flexibility index (Phi) is 6.57. The van der Waals surface area contributed by atoms with E-state index in [0.717, 1.165) is 10.0 Å². The third kappa shape index (κ3) is 5.24. The molecule has 5 nitrogen and oxygen atoms in total. The van der Waals surface area contributed by atoms with Gasteiger partial charge in [0.25, 0.3) is 5.91 Å². The van der Waals surface area contributed by atoms with Crippen molar-refractivity contribution in [2.24, 2.45) is 0 Å². The van der Waals surface area contributed by atoms with E-state index in [1.165, 1.54) is 6.08 Å². The van der Waals surface area contributed by atoms with Crippen LogP contribution in [0.3, 0.4) is 0 Å². The summed E-state index contributed by atoms with van der Waals surface area (Å²) in [4.78, 5) is 23.5. The molecule has 0 aromatic heterocycles. The predicted molar refractivity (Wildman–Crippen MR) is 95.8 cm³/mol. The van der Waals surface area contributed by atoms with Crippen LogP contribution in [0, 0.1) is 0 Å². The van der Waals surface area contributed by atoms with Crippen LogP contribution < -0.4 is 10.1 Å². The second-order valence-corrected chi connectivity index (χ2v) is 5.57. The first-order valence-corrected chi connectivity index (χ1v) is 7.91. The van der Waals surface area contributed by atoms with Crippen molar-refractivity contribution in [2.45, 2.75) is 0 Å². The number of carbonyl (C=O) groups excluding carboxylic acids is 2. The topological polar surface area (TPSA) is 64.6 Å². The quantitative estimate of drug-likeness (QED) is 0.604. The van der Waals surface area contributed by atoms with Crippen LogP contribution in [-0.2, 0) is 14.3 Å². The number of hydrogen-bond donors (Lipinski definition) is 1. The van der Waals surface area contributed by atoms with Crippen LogP contribution in [-0.4, -0.2) is 25.6 Å². The van der Waals surface area contributed by atoms with E-state index in [9.17, 15) is 9.59 Å². The number of hydrogen-bond acceptors (Lipinski definition) is 4. The van der Waals surface area contributed by atoms with E-state index >= 15 is 0 Å². The van der Waals surface area contributed by atoms with Gasteiger partial charge in [-0.15, -0.1) is 0 Å². The highest BCUT2D eigenvalue weighted by molar-refractivity contribution is 9.10. The van der Waals surface area contributed by atoms with Crippen molar-refractivity contribution in [2.75, 3.05) is 19.0 Å². The number of methoxy groups -OCH3 is 1. The molecule has 0 fully saturated rings. The monoisotopic (exact) mass is 389 g/mol. The molecule has 0 bridgehead atoms. The summed E-state index contributed by atoms with van der Waals surface area (Å²) in [7, 11) is 1.55. The Labute approximate surface area is 148 Å². The van der Waals surface area contributed by atoms with Crippen LogP contribution in [0.25, 0.3) is 6.08 Å². The van der Waals surface area contributed by atoms with E-state index in [0.29, 0.717) is 11.4 Å². The van der Waals surface area contributed by atoms with Crippen molar-refractivity contribution >= 4 is 39.6 Å². The van der Waals surface area contributed by atoms with Gasteiger partial charge in [0, 0.05) is 16.1 Å². The molecule has 0 aliphatic heterocycles. The largest absolute Gasteiger partial charge is 0.496 e. The standard InChI is InChI=1S/C18H16BrNO4/c1-23-16-9-5-2-6-13(16)10-11-18(22)24-12-17(21)20-15-8-4-3-7-14(15)19/h2-11H,12H2,1H3,(H,20,21)/b11-10+. The Bertz CT molecular complexity index is 758. The maximum atomic E-state index is 11.8. The summed E-state index contributed by atoms with van der Waals surface area (Å²) < 4.78 is 10.8. The minimum Gasteiger partial charge on any atom is -0.496 e. The van der Waals surface area contributed by atoms with Gasteiger partial charge in [-0.2, -0.15) is 0 Å². The number of halogens is 1. The van der Waals surface area contributed by atoms with Crippen LogP contribution in [0.1, 0.15) is 5.56 Å². The molecule has 2 aromatic carbocycles. The fraction of sp³-hybridized carbons (Fsp3) is 0.111. The lowest BCUT2D eigenvalue weighted by Crippen LogP contribution is -2.20. The molecule has 6 heteroatoms. The summed E-state index contributed by atoms with van der Waals surface area (Å²) in [5, 5.41) is 2.65. The van der Waals surface area contributed by atoms with E-state index in [-0.39, 0.29) is 6.61 Å². The number of benzene rings is 2. The van der Waals surface area contributed by atoms with Gasteiger partial charge in [-0.3, -0.25) is 4.79 Å². The third-order valence-corrected chi connectivity index (χ3v) is 3.72. The number of esters is 1. The van der Waals surface area contributed by atoms with Gasteiger partial charge in [-0.05, 0) is 40.2 Å². The molecule has 0 unspecified atom stereocenters. The molecule has 0 spiro atoms. The van der Waals surface area contributed by atoms with Crippen molar-refractivity contribution in [1.82, 2.24) is 0 Å². The summed E-state index contributed by atoms with van der Waals surface area (Å²) in [6.07, 6.45) is 2.83. The van der Waals surface area contributed by atoms with Crippen LogP contribution in [0.2, 0.25) is 0 Å². The van der Waals surface area contributed by atoms with E-state index in [1.807, 2.05) is 24.3 Å². The Morgan fingerprint density at radius 2 is 1.83 bits per heavy atom. The zero-order valence-electron chi connectivity index (χ0n) is 13.0. The number of amides is 1. The highest BCUT2D eigenvalue weighted by Crippen LogP contribution is 2.21. The summed E-state index contributed by atoms with van der Waals surface area (Å²) in [6.45, 7) is -0.365. The first kappa shape index (κ1) is 17.7. The molecule has 1 amide bonds. The fourth-order valence-corrected chi connectivity index (χ4v) is 2.28. The number of para-hydroxylation sites is 2. The predicted octanol–water partition coefficient (Wildman–Crippen LogP) is 3.65. The van der Waals surface area contributed by atoms with Crippen LogP contribution in [0.4, 0.5) is 5.69 Å². The smallest absolute Gasteiger partial charge is 0.331 e. The summed E-state index contributed by atoms with van der Waals surface area (Å²) in [5.74, 6) is -0.377. The van der Waals surface area contributed by atoms with Gasteiger partial charge in [0.05, 0.1) is 12.8 Å². The van der Waals surface area contributed by atoms with Gasteiger partial charge in [-0.1, -0.05) is 30.3 Å². The highest BCUT2D eigenvalue weighted by Gasteiger charge is 2.07. The molecule has 0 atom stereocenters. The molecule has 2 aromatic rings. The average Bonchev–Trinajstić information content (AvgIpc) is 2.60. The van der Waals surface area contributed by atoms with Gasteiger partial charge < -0.3 is 14.8 Å². The zero-order chi connectivity index (χ0) is 17.4. The molecule has 2 rings (SSSR count). The zero-order valence-corrected chi connectivity index (χ0v) is 14.6. The van der Waals surface area contributed by atoms with Crippen LogP contribution >= 0.6 is 15.9 Å². The summed E-state index contributed by atoms with van der Waals surface area (Å²) >= 11 is 3.32.